The van der Waals surface area contributed by atoms with E-state index in [9.17, 15) is 62.6 Å². The Kier molecular flexibility index (Phi) is 27.2. The molecule has 0 saturated carbocycles. The van der Waals surface area contributed by atoms with Crippen molar-refractivity contribution in [2.75, 3.05) is 13.2 Å². The van der Waals surface area contributed by atoms with Crippen LogP contribution in [0.4, 0.5) is 0 Å². The number of hydrogen-bond acceptors (Lipinski definition) is 15. The first-order valence-corrected chi connectivity index (χ1v) is 33.5. The van der Waals surface area contributed by atoms with Crippen LogP contribution in [0, 0.1) is 5.92 Å². The molecule has 0 unspecified atom stereocenters. The quantitative estimate of drug-likeness (QED) is 0.0378. The van der Waals surface area contributed by atoms with Gasteiger partial charge in [0.25, 0.3) is 0 Å². The van der Waals surface area contributed by atoms with E-state index < -0.39 is 151 Å². The van der Waals surface area contributed by atoms with E-state index in [2.05, 4.69) is 63.1 Å². The Hall–Kier alpha value is -10.7. The normalized spacial score (nSPS) is 19.2. The molecule has 3 aliphatic rings. The maximum absolute atomic E-state index is 14.9. The first kappa shape index (κ1) is 75.1. The van der Waals surface area contributed by atoms with Crippen LogP contribution in [0.2, 0.25) is 5.02 Å². The molecule has 0 radical (unpaired) electrons. The molecule has 10 atom stereocenters. The summed E-state index contributed by atoms with van der Waals surface area (Å²) in [6.45, 7) is 5.34. The maximum atomic E-state index is 14.9. The highest BCUT2D eigenvalue weighted by molar-refractivity contribution is 6.30. The van der Waals surface area contributed by atoms with Gasteiger partial charge in [-0.1, -0.05) is 116 Å². The Labute approximate surface area is 583 Å². The van der Waals surface area contributed by atoms with Gasteiger partial charge in [0.15, 0.2) is 0 Å². The smallest absolute Gasteiger partial charge is 0.246 e. The van der Waals surface area contributed by atoms with E-state index in [0.717, 1.165) is 10.8 Å². The van der Waals surface area contributed by atoms with Gasteiger partial charge < -0.3 is 68.9 Å². The summed E-state index contributed by atoms with van der Waals surface area (Å²) in [6.07, 6.45) is 3.62. The summed E-state index contributed by atoms with van der Waals surface area (Å²) in [6, 6.07) is 20.7. The molecular weight excluding hydrogens is 1300 g/mol. The lowest BCUT2D eigenvalue weighted by Crippen LogP contribution is -2.61. The second-order valence-electron chi connectivity index (χ2n) is 25.5. The van der Waals surface area contributed by atoms with Gasteiger partial charge >= 0.3 is 0 Å². The third kappa shape index (κ3) is 22.2. The molecule has 0 spiro atoms. The number of carbonyl (C=O) groups excluding carboxylic acids is 12. The molecule has 6 aromatic rings. The zero-order valence-electron chi connectivity index (χ0n) is 56.0. The SMILES string of the molecule is CC(=O)N[C@H](Cc1ccc2ccccc2c1)C(=O)N[C@H](Cc1ccc(Cl)cc1)C(=O)N[C@H](Cc1cccnc1)C(=O)N[C@@H](CO)C(=O)N[C@H]1CCC(=O)NCc2ccc(cc2)C[C@@H](C(=O)N2CCC[C@H]2C(=O)N[C@H](C)C(N)=O)NC(=O)[C@H](CC(C)C)NC(=O)[C@@H](Cc2ccccn2)NC1=O. The number of primary amides is 1. The molecule has 27 nitrogen and oxygen atoms in total. The fraction of sp³-hybridized carbons (Fsp3) is 0.389. The van der Waals surface area contributed by atoms with E-state index in [1.54, 1.807) is 92.7 Å². The highest BCUT2D eigenvalue weighted by Gasteiger charge is 2.41. The minimum absolute atomic E-state index is 0.0216. The number of fused-ring (bicyclic) bond motifs is 18. The molecule has 13 N–H and O–H groups in total. The van der Waals surface area contributed by atoms with Crippen molar-refractivity contribution in [1.82, 2.24) is 68.0 Å². The number of carbonyl (C=O) groups is 12. The minimum atomic E-state index is -1.85. The van der Waals surface area contributed by atoms with Crippen LogP contribution in [0.25, 0.3) is 10.8 Å². The highest BCUT2D eigenvalue weighted by Crippen LogP contribution is 2.23. The van der Waals surface area contributed by atoms with Gasteiger partial charge in [-0.25, -0.2) is 0 Å². The summed E-state index contributed by atoms with van der Waals surface area (Å²) in [5.74, 6) is -9.74. The van der Waals surface area contributed by atoms with Crippen LogP contribution in [0.5, 0.6) is 0 Å². The largest absolute Gasteiger partial charge is 0.394 e. The predicted octanol–water partition coefficient (Wildman–Crippen LogP) is 1.12. The van der Waals surface area contributed by atoms with Crippen molar-refractivity contribution in [1.29, 1.82) is 0 Å². The predicted molar refractivity (Wildman–Crippen MR) is 369 cm³/mol. The molecule has 2 aromatic heterocycles. The fourth-order valence-electron chi connectivity index (χ4n) is 11.8. The van der Waals surface area contributed by atoms with E-state index >= 15 is 0 Å². The number of pyridine rings is 2. The van der Waals surface area contributed by atoms with Gasteiger partial charge in [-0.2, -0.15) is 0 Å². The van der Waals surface area contributed by atoms with Gasteiger partial charge in [0.05, 0.1) is 6.61 Å². The number of nitrogens with two attached hydrogens (primary N) is 1. The number of nitrogens with zero attached hydrogens (tertiary/aromatic N) is 3. The van der Waals surface area contributed by atoms with Gasteiger partial charge in [-0.05, 0) is 107 Å². The first-order valence-electron chi connectivity index (χ1n) is 33.2. The average molecular weight is 1390 g/mol. The number of benzene rings is 4. The molecule has 28 heteroatoms. The molecular formula is C72H85ClN14O13. The van der Waals surface area contributed by atoms with Crippen LogP contribution < -0.4 is 58.9 Å². The Balaban J connectivity index is 1.05. The highest BCUT2D eigenvalue weighted by atomic mass is 35.5. The molecule has 12 amide bonds. The molecule has 2 bridgehead atoms. The second-order valence-corrected chi connectivity index (χ2v) is 25.9. The van der Waals surface area contributed by atoms with Crippen LogP contribution in [-0.4, -0.2) is 164 Å². The van der Waals surface area contributed by atoms with Gasteiger partial charge in [0.2, 0.25) is 70.9 Å². The van der Waals surface area contributed by atoms with E-state index in [-0.39, 0.29) is 64.0 Å². The summed E-state index contributed by atoms with van der Waals surface area (Å²) in [4.78, 5) is 179. The number of rotatable bonds is 24. The van der Waals surface area contributed by atoms with Crippen molar-refractivity contribution >= 4 is 93.3 Å². The Morgan fingerprint density at radius 1 is 0.640 bits per heavy atom. The zero-order chi connectivity index (χ0) is 72.0. The number of aromatic nitrogens is 2. The monoisotopic (exact) mass is 1390 g/mol. The lowest BCUT2D eigenvalue weighted by Gasteiger charge is -2.31. The van der Waals surface area contributed by atoms with Gasteiger partial charge in [0.1, 0.15) is 60.4 Å². The zero-order valence-corrected chi connectivity index (χ0v) is 56.7. The molecule has 0 aliphatic carbocycles. The van der Waals surface area contributed by atoms with Gasteiger partial charge in [-0.15, -0.1) is 0 Å². The van der Waals surface area contributed by atoms with Crippen LogP contribution in [0.15, 0.2) is 140 Å². The van der Waals surface area contributed by atoms with E-state index in [4.69, 9.17) is 17.3 Å². The summed E-state index contributed by atoms with van der Waals surface area (Å²) in [5, 5.41) is 40.0. The minimum Gasteiger partial charge on any atom is -0.394 e. The summed E-state index contributed by atoms with van der Waals surface area (Å²) in [5.41, 5.74) is 8.64. The Morgan fingerprint density at radius 2 is 1.26 bits per heavy atom. The van der Waals surface area contributed by atoms with E-state index in [0.29, 0.717) is 45.0 Å². The molecule has 5 heterocycles. The average Bonchev–Trinajstić information content (AvgIpc) is 1.55. The van der Waals surface area contributed by atoms with Crippen molar-refractivity contribution in [2.45, 2.75) is 159 Å². The molecule has 3 aliphatic heterocycles. The van der Waals surface area contributed by atoms with Crippen molar-refractivity contribution < 1.29 is 62.6 Å². The van der Waals surface area contributed by atoms with Crippen LogP contribution in [0.3, 0.4) is 0 Å². The first-order chi connectivity index (χ1) is 47.9. The third-order valence-corrected chi connectivity index (χ3v) is 17.4. The number of aliphatic hydroxyl groups excluding tert-OH is 1. The number of nitrogens with one attached hydrogen (secondary N) is 10. The number of hydrogen-bond donors (Lipinski definition) is 12. The molecule has 4 aromatic carbocycles. The summed E-state index contributed by atoms with van der Waals surface area (Å²) in [7, 11) is 0. The molecule has 9 rings (SSSR count). The lowest BCUT2D eigenvalue weighted by molar-refractivity contribution is -0.142. The molecule has 1 saturated heterocycles. The lowest BCUT2D eigenvalue weighted by atomic mass is 9.99. The van der Waals surface area contributed by atoms with E-state index in [1.807, 2.05) is 42.5 Å². The van der Waals surface area contributed by atoms with Crippen LogP contribution in [0.1, 0.15) is 93.3 Å². The topological polar surface area (TPSA) is 400 Å². The standard InChI is InChI=1S/C72H85ClN14O13/c1-41(2)31-54-65(93)85-59(72(100)87-30-10-15-61(87)71(99)78-42(3)63(74)91)34-44-16-18-46(19-17-44)39-77-62(90)27-26-53(64(92)84-58(69(97)81-54)37-52-14-7-8-29-76-52)80-70(98)60(40-88)86-68(96)57(36-48-11-9-28-75-38-48)83-67(95)56(33-45-21-24-51(73)25-22-45)82-66(94)55(79-43(4)89)35-47-20-23-49-12-5-6-13-50(49)32-47/h5-9,11-14,16-25,28-29,32,38,41-42,53-61,88H,10,15,26-27,30-31,33-37,39-40H2,1-4H3,(H2,74,91)(H,77,90)(H,78,99)(H,79,89)(H,80,98)(H,81,97)(H,82,94)(H,83,95)(H,84,92)(H,85,93)(H,86,96)/t42-,53+,54+,55-,56-,57-,58-,59+,60+,61+/m1/s1. The molecule has 528 valence electrons. The summed E-state index contributed by atoms with van der Waals surface area (Å²) >= 11 is 6.23. The molecule has 100 heavy (non-hydrogen) atoms. The number of aliphatic hydroxyl groups is 1. The fourth-order valence-corrected chi connectivity index (χ4v) is 11.9. The number of amides is 12. The Bertz CT molecular complexity index is 3910. The summed E-state index contributed by atoms with van der Waals surface area (Å²) < 4.78 is 0. The van der Waals surface area contributed by atoms with Crippen LogP contribution >= 0.6 is 11.6 Å². The number of likely N-dealkylation sites (tertiary alicyclic amines) is 1. The Morgan fingerprint density at radius 3 is 1.90 bits per heavy atom. The van der Waals surface area contributed by atoms with Crippen molar-refractivity contribution in [3.05, 3.63) is 178 Å². The van der Waals surface area contributed by atoms with Crippen molar-refractivity contribution in [3.63, 3.8) is 0 Å². The number of halogens is 1. The molecule has 1 fully saturated rings. The van der Waals surface area contributed by atoms with Crippen molar-refractivity contribution in [2.24, 2.45) is 11.7 Å². The van der Waals surface area contributed by atoms with Crippen molar-refractivity contribution in [3.8, 4) is 0 Å². The second kappa shape index (κ2) is 36.2. The van der Waals surface area contributed by atoms with Gasteiger partial charge in [-0.3, -0.25) is 67.5 Å². The van der Waals surface area contributed by atoms with E-state index in [1.165, 1.54) is 37.3 Å². The van der Waals surface area contributed by atoms with Gasteiger partial charge in [0, 0.05) is 87.8 Å². The third-order valence-electron chi connectivity index (χ3n) is 17.1. The maximum Gasteiger partial charge on any atom is 0.246 e. The van der Waals surface area contributed by atoms with Crippen LogP contribution in [-0.2, 0) is 96.2 Å².